The summed E-state index contributed by atoms with van der Waals surface area (Å²) in [5.74, 6) is 0.346. The summed E-state index contributed by atoms with van der Waals surface area (Å²) >= 11 is 4.25. The molecule has 0 heterocycles. The van der Waals surface area contributed by atoms with Crippen molar-refractivity contribution in [2.24, 2.45) is 11.5 Å². The number of rotatable bonds is 5. The van der Waals surface area contributed by atoms with Gasteiger partial charge in [-0.1, -0.05) is 6.42 Å². The van der Waals surface area contributed by atoms with E-state index in [1.54, 1.807) is 0 Å². The Labute approximate surface area is 135 Å². The fourth-order valence-corrected chi connectivity index (χ4v) is 3.29. The second-order valence-corrected chi connectivity index (χ2v) is 6.05. The highest BCUT2D eigenvalue weighted by Gasteiger charge is 2.11. The third-order valence-corrected chi connectivity index (χ3v) is 4.08. The number of aromatic hydroxyl groups is 1. The standard InChI is InChI=1S/C11H16I2N2O.ClH/c12-8-5-7(6-9(13)11(8)16)10(15)3-1-2-4-14;/h5-6,10,16H,1-4,14-15H2;1H/t10-;/m1./s1. The van der Waals surface area contributed by atoms with Crippen molar-refractivity contribution in [3.8, 4) is 5.75 Å². The largest absolute Gasteiger partial charge is 0.506 e. The Balaban J connectivity index is 0.00000256. The summed E-state index contributed by atoms with van der Waals surface area (Å²) in [6.07, 6.45) is 3.00. The summed E-state index contributed by atoms with van der Waals surface area (Å²) in [6.45, 7) is 0.720. The van der Waals surface area contributed by atoms with Crippen LogP contribution in [0.4, 0.5) is 0 Å². The lowest BCUT2D eigenvalue weighted by molar-refractivity contribution is 0.466. The van der Waals surface area contributed by atoms with Crippen LogP contribution in [-0.4, -0.2) is 11.7 Å². The van der Waals surface area contributed by atoms with Gasteiger partial charge in [0.15, 0.2) is 0 Å². The summed E-state index contributed by atoms with van der Waals surface area (Å²) in [4.78, 5) is 0. The molecule has 0 aliphatic carbocycles. The van der Waals surface area contributed by atoms with Gasteiger partial charge in [0.25, 0.3) is 0 Å². The van der Waals surface area contributed by atoms with Gasteiger partial charge in [-0.15, -0.1) is 12.4 Å². The van der Waals surface area contributed by atoms with Gasteiger partial charge in [0.2, 0.25) is 0 Å². The summed E-state index contributed by atoms with van der Waals surface area (Å²) in [6, 6.07) is 3.94. The van der Waals surface area contributed by atoms with Gasteiger partial charge in [-0.05, 0) is 82.3 Å². The molecular weight excluding hydrogens is 465 g/mol. The van der Waals surface area contributed by atoms with E-state index in [9.17, 15) is 5.11 Å². The van der Waals surface area contributed by atoms with Crippen LogP contribution in [0.25, 0.3) is 0 Å². The number of unbranched alkanes of at least 4 members (excludes halogenated alkanes) is 1. The van der Waals surface area contributed by atoms with E-state index in [1.165, 1.54) is 0 Å². The fourth-order valence-electron chi connectivity index (χ4n) is 1.47. The smallest absolute Gasteiger partial charge is 0.142 e. The normalized spacial score (nSPS) is 12.0. The number of phenols is 1. The van der Waals surface area contributed by atoms with E-state index in [-0.39, 0.29) is 18.4 Å². The summed E-state index contributed by atoms with van der Waals surface area (Å²) in [7, 11) is 0. The van der Waals surface area contributed by atoms with E-state index >= 15 is 0 Å². The number of halogens is 3. The first-order valence-electron chi connectivity index (χ1n) is 5.19. The minimum Gasteiger partial charge on any atom is -0.506 e. The van der Waals surface area contributed by atoms with Crippen LogP contribution in [-0.2, 0) is 0 Å². The third-order valence-electron chi connectivity index (χ3n) is 2.44. The first-order chi connectivity index (χ1) is 7.56. The maximum absolute atomic E-state index is 9.65. The van der Waals surface area contributed by atoms with E-state index in [4.69, 9.17) is 11.5 Å². The molecule has 0 aromatic heterocycles. The zero-order chi connectivity index (χ0) is 12.1. The minimum atomic E-state index is 0. The molecule has 0 fully saturated rings. The lowest BCUT2D eigenvalue weighted by Crippen LogP contribution is -2.11. The first kappa shape index (κ1) is 17.7. The summed E-state index contributed by atoms with van der Waals surface area (Å²) < 4.78 is 1.71. The number of benzene rings is 1. The van der Waals surface area contributed by atoms with Crippen molar-refractivity contribution in [2.75, 3.05) is 6.54 Å². The maximum atomic E-state index is 9.65. The molecule has 1 aromatic carbocycles. The number of hydrogen-bond donors (Lipinski definition) is 3. The molecule has 6 heteroatoms. The van der Waals surface area contributed by atoms with Crippen molar-refractivity contribution in [2.45, 2.75) is 25.3 Å². The molecule has 1 aromatic rings. The molecule has 0 saturated heterocycles. The van der Waals surface area contributed by atoms with Crippen molar-refractivity contribution < 1.29 is 5.11 Å². The quantitative estimate of drug-likeness (QED) is 0.446. The molecule has 0 amide bonds. The van der Waals surface area contributed by atoms with E-state index in [0.717, 1.165) is 38.5 Å². The number of nitrogens with two attached hydrogens (primary N) is 2. The third kappa shape index (κ3) is 5.46. The van der Waals surface area contributed by atoms with Crippen molar-refractivity contribution in [3.63, 3.8) is 0 Å². The van der Waals surface area contributed by atoms with Crippen LogP contribution in [0.5, 0.6) is 5.75 Å². The summed E-state index contributed by atoms with van der Waals surface area (Å²) in [5, 5.41) is 9.65. The molecule has 17 heavy (non-hydrogen) atoms. The van der Waals surface area contributed by atoms with Gasteiger partial charge in [0, 0.05) is 6.04 Å². The Morgan fingerprint density at radius 2 is 1.71 bits per heavy atom. The van der Waals surface area contributed by atoms with Crippen molar-refractivity contribution >= 4 is 57.6 Å². The van der Waals surface area contributed by atoms with Crippen LogP contribution in [0.15, 0.2) is 12.1 Å². The molecule has 0 unspecified atom stereocenters. The number of phenolic OH excluding ortho intramolecular Hbond substituents is 1. The van der Waals surface area contributed by atoms with Crippen LogP contribution in [0, 0.1) is 7.14 Å². The predicted molar refractivity (Wildman–Crippen MR) is 90.6 cm³/mol. The highest BCUT2D eigenvalue weighted by Crippen LogP contribution is 2.30. The van der Waals surface area contributed by atoms with Crippen LogP contribution in [0.3, 0.4) is 0 Å². The lowest BCUT2D eigenvalue weighted by atomic mass is 10.0. The zero-order valence-corrected chi connectivity index (χ0v) is 14.5. The molecule has 5 N–H and O–H groups in total. The van der Waals surface area contributed by atoms with E-state index in [1.807, 2.05) is 12.1 Å². The monoisotopic (exact) mass is 482 g/mol. The molecule has 0 radical (unpaired) electrons. The van der Waals surface area contributed by atoms with Gasteiger partial charge in [0.1, 0.15) is 5.75 Å². The molecule has 0 aliphatic rings. The molecule has 1 rings (SSSR count). The molecule has 3 nitrogen and oxygen atoms in total. The van der Waals surface area contributed by atoms with Crippen molar-refractivity contribution in [1.82, 2.24) is 0 Å². The topological polar surface area (TPSA) is 72.3 Å². The zero-order valence-electron chi connectivity index (χ0n) is 9.33. The molecule has 0 saturated carbocycles. The molecule has 98 valence electrons. The second-order valence-electron chi connectivity index (χ2n) is 3.72. The summed E-state index contributed by atoms with van der Waals surface area (Å²) in [5.41, 5.74) is 12.6. The Bertz CT molecular complexity index is 340. The molecule has 0 aliphatic heterocycles. The van der Waals surface area contributed by atoms with Gasteiger partial charge < -0.3 is 16.6 Å². The van der Waals surface area contributed by atoms with Crippen LogP contribution in [0.2, 0.25) is 0 Å². The first-order valence-corrected chi connectivity index (χ1v) is 7.35. The molecule has 0 spiro atoms. The second kappa shape index (κ2) is 8.73. The Morgan fingerprint density at radius 1 is 1.18 bits per heavy atom. The van der Waals surface area contributed by atoms with Crippen LogP contribution < -0.4 is 11.5 Å². The van der Waals surface area contributed by atoms with E-state index in [0.29, 0.717) is 5.75 Å². The average Bonchev–Trinajstić information content (AvgIpc) is 2.25. The van der Waals surface area contributed by atoms with Crippen molar-refractivity contribution in [1.29, 1.82) is 0 Å². The molecule has 0 bridgehead atoms. The fraction of sp³-hybridized carbons (Fsp3) is 0.455. The highest BCUT2D eigenvalue weighted by molar-refractivity contribution is 14.1. The number of hydrogen-bond acceptors (Lipinski definition) is 3. The SMILES string of the molecule is Cl.NCCCC[C@@H](N)c1cc(I)c(O)c(I)c1. The van der Waals surface area contributed by atoms with Crippen molar-refractivity contribution in [3.05, 3.63) is 24.8 Å². The molecule has 1 atom stereocenters. The Kier molecular flexibility index (Phi) is 9.09. The van der Waals surface area contributed by atoms with Gasteiger partial charge in [-0.2, -0.15) is 0 Å². The van der Waals surface area contributed by atoms with Gasteiger partial charge in [0.05, 0.1) is 7.14 Å². The lowest BCUT2D eigenvalue weighted by Gasteiger charge is -2.13. The highest BCUT2D eigenvalue weighted by atomic mass is 127. The van der Waals surface area contributed by atoms with Crippen LogP contribution >= 0.6 is 57.6 Å². The van der Waals surface area contributed by atoms with E-state index in [2.05, 4.69) is 45.2 Å². The maximum Gasteiger partial charge on any atom is 0.142 e. The van der Waals surface area contributed by atoms with Gasteiger partial charge in [-0.3, -0.25) is 0 Å². The van der Waals surface area contributed by atoms with E-state index < -0.39 is 0 Å². The molecular formula is C11H17ClI2N2O. The van der Waals surface area contributed by atoms with Crippen LogP contribution in [0.1, 0.15) is 30.9 Å². The van der Waals surface area contributed by atoms with Gasteiger partial charge in [-0.25, -0.2) is 0 Å². The predicted octanol–water partition coefficient (Wildman–Crippen LogP) is 3.15. The minimum absolute atomic E-state index is 0. The van der Waals surface area contributed by atoms with Gasteiger partial charge >= 0.3 is 0 Å². The Morgan fingerprint density at radius 3 is 2.18 bits per heavy atom. The average molecular weight is 483 g/mol. The Hall–Kier alpha value is 0.690.